The van der Waals surface area contributed by atoms with Crippen LogP contribution in [0.5, 0.6) is 11.5 Å². The van der Waals surface area contributed by atoms with Crippen molar-refractivity contribution in [2.24, 2.45) is 5.92 Å². The molecule has 6 heteroatoms. The number of thioether (sulfide) groups is 1. The summed E-state index contributed by atoms with van der Waals surface area (Å²) >= 11 is 1.86. The second kappa shape index (κ2) is 6.15. The lowest BCUT2D eigenvalue weighted by Crippen LogP contribution is -2.32. The highest BCUT2D eigenvalue weighted by atomic mass is 32.2. The highest BCUT2D eigenvalue weighted by Gasteiger charge is 2.33. The van der Waals surface area contributed by atoms with Crippen LogP contribution in [0, 0.1) is 5.92 Å². The second-order valence-corrected chi connectivity index (χ2v) is 6.46. The van der Waals surface area contributed by atoms with Gasteiger partial charge < -0.3 is 19.9 Å². The van der Waals surface area contributed by atoms with Crippen molar-refractivity contribution in [3.8, 4) is 11.5 Å². The molecule has 5 nitrogen and oxygen atoms in total. The number of carbonyl (C=O) groups is 1. The number of carboxylic acids is 1. The van der Waals surface area contributed by atoms with E-state index in [2.05, 4.69) is 5.32 Å². The maximum absolute atomic E-state index is 11.1. The molecule has 2 aliphatic rings. The largest absolute Gasteiger partial charge is 0.493 e. The van der Waals surface area contributed by atoms with Crippen LogP contribution in [-0.4, -0.2) is 42.3 Å². The fourth-order valence-corrected chi connectivity index (χ4v) is 3.27. The van der Waals surface area contributed by atoms with E-state index in [-0.39, 0.29) is 18.1 Å². The molecule has 0 amide bonds. The van der Waals surface area contributed by atoms with Crippen molar-refractivity contribution in [3.05, 3.63) is 23.8 Å². The predicted molar refractivity (Wildman–Crippen MR) is 81.2 cm³/mol. The summed E-state index contributed by atoms with van der Waals surface area (Å²) in [6.45, 7) is 0.496. The molecule has 0 bridgehead atoms. The third-order valence-electron chi connectivity index (χ3n) is 3.98. The molecule has 0 saturated carbocycles. The van der Waals surface area contributed by atoms with E-state index in [1.54, 1.807) is 7.11 Å². The molecule has 2 heterocycles. The van der Waals surface area contributed by atoms with Crippen molar-refractivity contribution in [2.45, 2.75) is 18.6 Å². The van der Waals surface area contributed by atoms with Gasteiger partial charge in [0.05, 0.1) is 13.0 Å². The summed E-state index contributed by atoms with van der Waals surface area (Å²) in [5.41, 5.74) is 0.995. The van der Waals surface area contributed by atoms with Crippen molar-refractivity contribution >= 4 is 17.7 Å². The van der Waals surface area contributed by atoms with Gasteiger partial charge in [-0.3, -0.25) is 4.79 Å². The molecule has 0 radical (unpaired) electrons. The van der Waals surface area contributed by atoms with Crippen LogP contribution >= 0.6 is 11.8 Å². The van der Waals surface area contributed by atoms with Gasteiger partial charge in [-0.25, -0.2) is 0 Å². The predicted octanol–water partition coefficient (Wildman–Crippen LogP) is 1.92. The van der Waals surface area contributed by atoms with Crippen molar-refractivity contribution < 1.29 is 19.4 Å². The van der Waals surface area contributed by atoms with Crippen LogP contribution in [-0.2, 0) is 4.79 Å². The molecule has 0 aliphatic carbocycles. The molecule has 114 valence electrons. The lowest BCUT2D eigenvalue weighted by Gasteiger charge is -2.29. The van der Waals surface area contributed by atoms with E-state index in [4.69, 9.17) is 14.6 Å². The normalized spacial score (nSPS) is 25.4. The first-order valence-electron chi connectivity index (χ1n) is 7.06. The second-order valence-electron chi connectivity index (χ2n) is 5.39. The maximum atomic E-state index is 11.1. The van der Waals surface area contributed by atoms with Gasteiger partial charge in [-0.15, -0.1) is 0 Å². The summed E-state index contributed by atoms with van der Waals surface area (Å²) in [5, 5.41) is 12.4. The molecule has 2 saturated heterocycles. The number of para-hydroxylation sites is 1. The standard InChI is InChI=1S/C15H19NO4S/c1-19-13-4-2-3-11(14(13)20-10-7-21-8-10)12-5-9(6-16-12)15(17)18/h2-4,9-10,12,16H,5-8H2,1H3,(H,17,18). The molecular weight excluding hydrogens is 290 g/mol. The number of hydrogen-bond donors (Lipinski definition) is 2. The molecule has 3 rings (SSSR count). The molecule has 2 unspecified atom stereocenters. The monoisotopic (exact) mass is 309 g/mol. The topological polar surface area (TPSA) is 67.8 Å². The van der Waals surface area contributed by atoms with Gasteiger partial charge in [-0.1, -0.05) is 12.1 Å². The van der Waals surface area contributed by atoms with E-state index in [0.717, 1.165) is 22.8 Å². The Balaban J connectivity index is 1.85. The Morgan fingerprint density at radius 2 is 2.24 bits per heavy atom. The molecule has 2 N–H and O–H groups in total. The summed E-state index contributed by atoms with van der Waals surface area (Å²) in [5.74, 6) is 2.37. The number of aliphatic carboxylic acids is 1. The number of benzene rings is 1. The zero-order chi connectivity index (χ0) is 14.8. The minimum atomic E-state index is -0.745. The van der Waals surface area contributed by atoms with Crippen LogP contribution < -0.4 is 14.8 Å². The van der Waals surface area contributed by atoms with Crippen LogP contribution in [0.4, 0.5) is 0 Å². The average Bonchev–Trinajstić information content (AvgIpc) is 2.92. The number of methoxy groups -OCH3 is 1. The quantitative estimate of drug-likeness (QED) is 0.866. The zero-order valence-electron chi connectivity index (χ0n) is 11.9. The SMILES string of the molecule is COc1cccc(C2CC(C(=O)O)CN2)c1OC1CSC1. The van der Waals surface area contributed by atoms with Crippen LogP contribution in [0.15, 0.2) is 18.2 Å². The van der Waals surface area contributed by atoms with E-state index in [1.165, 1.54) is 0 Å². The molecule has 1 aromatic rings. The fourth-order valence-electron chi connectivity index (χ4n) is 2.70. The number of nitrogens with one attached hydrogen (secondary N) is 1. The van der Waals surface area contributed by atoms with E-state index in [0.29, 0.717) is 18.7 Å². The zero-order valence-corrected chi connectivity index (χ0v) is 12.7. The molecule has 0 spiro atoms. The minimum absolute atomic E-state index is 0.00364. The minimum Gasteiger partial charge on any atom is -0.493 e. The van der Waals surface area contributed by atoms with Crippen LogP contribution in [0.25, 0.3) is 0 Å². The van der Waals surface area contributed by atoms with Gasteiger partial charge in [0.1, 0.15) is 6.10 Å². The lowest BCUT2D eigenvalue weighted by molar-refractivity contribution is -0.141. The van der Waals surface area contributed by atoms with Gasteiger partial charge >= 0.3 is 5.97 Å². The van der Waals surface area contributed by atoms with Gasteiger partial charge in [0.2, 0.25) is 0 Å². The molecule has 21 heavy (non-hydrogen) atoms. The first-order valence-corrected chi connectivity index (χ1v) is 8.22. The van der Waals surface area contributed by atoms with Gasteiger partial charge in [0, 0.05) is 29.7 Å². The van der Waals surface area contributed by atoms with Gasteiger partial charge in [-0.05, 0) is 12.5 Å². The summed E-state index contributed by atoms with van der Waals surface area (Å²) in [6, 6.07) is 5.80. The highest BCUT2D eigenvalue weighted by Crippen LogP contribution is 2.40. The molecule has 0 aromatic heterocycles. The van der Waals surface area contributed by atoms with Crippen LogP contribution in [0.3, 0.4) is 0 Å². The summed E-state index contributed by atoms with van der Waals surface area (Å²) < 4.78 is 11.5. The molecular formula is C15H19NO4S. The van der Waals surface area contributed by atoms with Crippen molar-refractivity contribution in [2.75, 3.05) is 25.2 Å². The molecule has 2 fully saturated rings. The van der Waals surface area contributed by atoms with Crippen molar-refractivity contribution in [1.29, 1.82) is 0 Å². The summed E-state index contributed by atoms with van der Waals surface area (Å²) in [6.07, 6.45) is 0.805. The number of rotatable bonds is 5. The highest BCUT2D eigenvalue weighted by molar-refractivity contribution is 8.00. The number of hydrogen-bond acceptors (Lipinski definition) is 5. The molecule has 2 atom stereocenters. The summed E-state index contributed by atoms with van der Waals surface area (Å²) in [4.78, 5) is 11.1. The third-order valence-corrected chi connectivity index (χ3v) is 5.19. The Morgan fingerprint density at radius 1 is 1.43 bits per heavy atom. The Labute approximate surface area is 128 Å². The Bertz CT molecular complexity index is 532. The van der Waals surface area contributed by atoms with E-state index < -0.39 is 5.97 Å². The van der Waals surface area contributed by atoms with Crippen molar-refractivity contribution in [3.63, 3.8) is 0 Å². The van der Waals surface area contributed by atoms with E-state index in [9.17, 15) is 4.79 Å². The summed E-state index contributed by atoms with van der Waals surface area (Å²) in [7, 11) is 1.63. The Morgan fingerprint density at radius 3 is 2.81 bits per heavy atom. The average molecular weight is 309 g/mol. The lowest BCUT2D eigenvalue weighted by atomic mass is 9.99. The van der Waals surface area contributed by atoms with Crippen LogP contribution in [0.1, 0.15) is 18.0 Å². The molecule has 2 aliphatic heterocycles. The van der Waals surface area contributed by atoms with E-state index >= 15 is 0 Å². The Hall–Kier alpha value is -1.40. The molecule has 1 aromatic carbocycles. The van der Waals surface area contributed by atoms with E-state index in [1.807, 2.05) is 30.0 Å². The Kier molecular flexibility index (Phi) is 4.26. The first-order chi connectivity index (χ1) is 10.2. The van der Waals surface area contributed by atoms with Gasteiger partial charge in [0.15, 0.2) is 11.5 Å². The van der Waals surface area contributed by atoms with Gasteiger partial charge in [-0.2, -0.15) is 11.8 Å². The maximum Gasteiger partial charge on any atom is 0.307 e. The fraction of sp³-hybridized carbons (Fsp3) is 0.533. The third kappa shape index (κ3) is 2.96. The number of carboxylic acid groups (broad SMARTS) is 1. The van der Waals surface area contributed by atoms with Gasteiger partial charge in [0.25, 0.3) is 0 Å². The first kappa shape index (κ1) is 14.5. The number of ether oxygens (including phenoxy) is 2. The smallest absolute Gasteiger partial charge is 0.307 e. The van der Waals surface area contributed by atoms with Crippen molar-refractivity contribution in [1.82, 2.24) is 5.32 Å². The van der Waals surface area contributed by atoms with Crippen LogP contribution in [0.2, 0.25) is 0 Å².